The fraction of sp³-hybridized carbons (Fsp3) is 1.00. The Morgan fingerprint density at radius 2 is 1.88 bits per heavy atom. The van der Waals surface area contributed by atoms with Crippen LogP contribution in [0.4, 0.5) is 0 Å². The summed E-state index contributed by atoms with van der Waals surface area (Å²) in [5.41, 5.74) is 0. The zero-order chi connectivity index (χ0) is 12.6. The smallest absolute Gasteiger partial charge is 0.212 e. The molecule has 0 saturated carbocycles. The van der Waals surface area contributed by atoms with Crippen molar-refractivity contribution in [2.24, 2.45) is 0 Å². The van der Waals surface area contributed by atoms with Crippen molar-refractivity contribution in [3.05, 3.63) is 0 Å². The van der Waals surface area contributed by atoms with Gasteiger partial charge in [0, 0.05) is 25.7 Å². The van der Waals surface area contributed by atoms with E-state index in [-0.39, 0.29) is 5.75 Å². The highest BCUT2D eigenvalue weighted by Crippen LogP contribution is 1.85. The fourth-order valence-electron chi connectivity index (χ4n) is 1.10. The molecule has 0 heterocycles. The van der Waals surface area contributed by atoms with E-state index in [4.69, 9.17) is 0 Å². The molecule has 0 atom stereocenters. The molecular weight excluding hydrogens is 226 g/mol. The Hall–Kier alpha value is -0.170. The summed E-state index contributed by atoms with van der Waals surface area (Å²) in [7, 11) is -1.15. The molecule has 0 spiro atoms. The lowest BCUT2D eigenvalue weighted by Crippen LogP contribution is -2.37. The Morgan fingerprint density at radius 1 is 1.25 bits per heavy atom. The summed E-state index contributed by atoms with van der Waals surface area (Å²) >= 11 is 0. The second kappa shape index (κ2) is 8.00. The molecular formula is C10H25N3O2S. The minimum atomic E-state index is -3.12. The predicted molar refractivity (Wildman–Crippen MR) is 68.1 cm³/mol. The lowest BCUT2D eigenvalue weighted by atomic mass is 10.4. The molecule has 0 unspecified atom stereocenters. The van der Waals surface area contributed by atoms with Gasteiger partial charge >= 0.3 is 0 Å². The van der Waals surface area contributed by atoms with Crippen LogP contribution in [0, 0.1) is 0 Å². The number of hydrogen-bond acceptors (Lipinski definition) is 4. The SMILES string of the molecule is CCN(C)CCNS(=O)(=O)CCNC(C)C. The Morgan fingerprint density at radius 3 is 2.38 bits per heavy atom. The number of rotatable bonds is 9. The standard InChI is InChI=1S/C10H25N3O2S/c1-5-13(4)8-6-12-16(14,15)9-7-11-10(2)3/h10-12H,5-9H2,1-4H3. The Labute approximate surface area is 99.6 Å². The first-order valence-electron chi connectivity index (χ1n) is 5.76. The van der Waals surface area contributed by atoms with Crippen LogP contribution < -0.4 is 10.0 Å². The van der Waals surface area contributed by atoms with E-state index >= 15 is 0 Å². The molecule has 0 aromatic rings. The van der Waals surface area contributed by atoms with Crippen molar-refractivity contribution in [2.45, 2.75) is 26.8 Å². The molecule has 0 aromatic heterocycles. The van der Waals surface area contributed by atoms with Crippen molar-refractivity contribution in [2.75, 3.05) is 39.0 Å². The average molecular weight is 251 g/mol. The molecule has 0 bridgehead atoms. The summed E-state index contributed by atoms with van der Waals surface area (Å²) in [6.45, 7) is 8.68. The van der Waals surface area contributed by atoms with Crippen molar-refractivity contribution >= 4 is 10.0 Å². The Bertz CT molecular complexity index is 265. The minimum Gasteiger partial charge on any atom is -0.313 e. The van der Waals surface area contributed by atoms with Gasteiger partial charge in [0.2, 0.25) is 10.0 Å². The lowest BCUT2D eigenvalue weighted by Gasteiger charge is -2.14. The maximum absolute atomic E-state index is 11.5. The van der Waals surface area contributed by atoms with Crippen molar-refractivity contribution in [3.63, 3.8) is 0 Å². The van der Waals surface area contributed by atoms with Gasteiger partial charge in [0.25, 0.3) is 0 Å². The van der Waals surface area contributed by atoms with Crippen LogP contribution in [0.1, 0.15) is 20.8 Å². The molecule has 0 amide bonds. The van der Waals surface area contributed by atoms with Gasteiger partial charge in [-0.2, -0.15) is 0 Å². The van der Waals surface area contributed by atoms with Crippen LogP contribution in [0.5, 0.6) is 0 Å². The van der Waals surface area contributed by atoms with Crippen LogP contribution in [0.25, 0.3) is 0 Å². The van der Waals surface area contributed by atoms with E-state index in [0.29, 0.717) is 19.1 Å². The van der Waals surface area contributed by atoms with Gasteiger partial charge in [0.15, 0.2) is 0 Å². The largest absolute Gasteiger partial charge is 0.313 e. The second-order valence-electron chi connectivity index (χ2n) is 4.22. The van der Waals surface area contributed by atoms with Crippen molar-refractivity contribution < 1.29 is 8.42 Å². The van der Waals surface area contributed by atoms with Gasteiger partial charge in [-0.25, -0.2) is 13.1 Å². The van der Waals surface area contributed by atoms with Crippen molar-refractivity contribution in [1.82, 2.24) is 14.9 Å². The molecule has 2 N–H and O–H groups in total. The molecule has 0 saturated heterocycles. The Kier molecular flexibility index (Phi) is 7.91. The monoisotopic (exact) mass is 251 g/mol. The number of hydrogen-bond donors (Lipinski definition) is 2. The zero-order valence-electron chi connectivity index (χ0n) is 10.8. The highest BCUT2D eigenvalue weighted by molar-refractivity contribution is 7.89. The number of nitrogens with one attached hydrogen (secondary N) is 2. The van der Waals surface area contributed by atoms with Gasteiger partial charge in [-0.15, -0.1) is 0 Å². The quantitative estimate of drug-likeness (QED) is 0.598. The van der Waals surface area contributed by atoms with Gasteiger partial charge in [0.1, 0.15) is 0 Å². The maximum Gasteiger partial charge on any atom is 0.212 e. The van der Waals surface area contributed by atoms with E-state index in [0.717, 1.165) is 13.1 Å². The van der Waals surface area contributed by atoms with Crippen LogP contribution in [0.2, 0.25) is 0 Å². The first-order chi connectivity index (χ1) is 7.37. The van der Waals surface area contributed by atoms with Gasteiger partial charge in [-0.3, -0.25) is 0 Å². The third kappa shape index (κ3) is 9.08. The molecule has 16 heavy (non-hydrogen) atoms. The summed E-state index contributed by atoms with van der Waals surface area (Å²) in [6.07, 6.45) is 0. The topological polar surface area (TPSA) is 61.4 Å². The molecule has 0 fully saturated rings. The minimum absolute atomic E-state index is 0.140. The molecule has 0 aliphatic carbocycles. The highest BCUT2D eigenvalue weighted by Gasteiger charge is 2.09. The summed E-state index contributed by atoms with van der Waals surface area (Å²) in [4.78, 5) is 2.06. The van der Waals surface area contributed by atoms with Gasteiger partial charge in [-0.05, 0) is 13.6 Å². The third-order valence-corrected chi connectivity index (χ3v) is 3.66. The summed E-state index contributed by atoms with van der Waals surface area (Å²) in [5, 5.41) is 3.08. The summed E-state index contributed by atoms with van der Waals surface area (Å²) in [6, 6.07) is 0.321. The zero-order valence-corrected chi connectivity index (χ0v) is 11.6. The van der Waals surface area contributed by atoms with Crippen LogP contribution >= 0.6 is 0 Å². The van der Waals surface area contributed by atoms with E-state index in [2.05, 4.69) is 14.9 Å². The molecule has 0 radical (unpaired) electrons. The average Bonchev–Trinajstić information content (AvgIpc) is 2.16. The molecule has 0 rings (SSSR count). The number of nitrogens with zero attached hydrogens (tertiary/aromatic N) is 1. The molecule has 0 aromatic carbocycles. The lowest BCUT2D eigenvalue weighted by molar-refractivity contribution is 0.358. The van der Waals surface area contributed by atoms with Crippen molar-refractivity contribution in [3.8, 4) is 0 Å². The normalized spacial score (nSPS) is 12.6. The predicted octanol–water partition coefficient (Wildman–Crippen LogP) is -0.144. The fourth-order valence-corrected chi connectivity index (χ4v) is 2.04. The second-order valence-corrected chi connectivity index (χ2v) is 6.14. The van der Waals surface area contributed by atoms with E-state index < -0.39 is 10.0 Å². The highest BCUT2D eigenvalue weighted by atomic mass is 32.2. The first kappa shape index (κ1) is 15.8. The number of sulfonamides is 1. The van der Waals surface area contributed by atoms with Crippen LogP contribution in [-0.2, 0) is 10.0 Å². The molecule has 5 nitrogen and oxygen atoms in total. The molecule has 0 aliphatic rings. The molecule has 6 heteroatoms. The number of likely N-dealkylation sites (N-methyl/N-ethyl adjacent to an activating group) is 1. The van der Waals surface area contributed by atoms with Gasteiger partial charge in [-0.1, -0.05) is 20.8 Å². The summed E-state index contributed by atoms with van der Waals surface area (Å²) in [5.74, 6) is 0.140. The van der Waals surface area contributed by atoms with Crippen molar-refractivity contribution in [1.29, 1.82) is 0 Å². The van der Waals surface area contributed by atoms with Gasteiger partial charge < -0.3 is 10.2 Å². The first-order valence-corrected chi connectivity index (χ1v) is 7.42. The van der Waals surface area contributed by atoms with Gasteiger partial charge in [0.05, 0.1) is 5.75 Å². The molecule has 98 valence electrons. The summed E-state index contributed by atoms with van der Waals surface area (Å²) < 4.78 is 25.6. The van der Waals surface area contributed by atoms with Crippen LogP contribution in [0.15, 0.2) is 0 Å². The Balaban J connectivity index is 3.71. The maximum atomic E-state index is 11.5. The third-order valence-electron chi connectivity index (χ3n) is 2.28. The van der Waals surface area contributed by atoms with E-state index in [1.807, 2.05) is 27.8 Å². The van der Waals surface area contributed by atoms with E-state index in [9.17, 15) is 8.42 Å². The van der Waals surface area contributed by atoms with Crippen LogP contribution in [0.3, 0.4) is 0 Å². The molecule has 0 aliphatic heterocycles. The van der Waals surface area contributed by atoms with E-state index in [1.165, 1.54) is 0 Å². The van der Waals surface area contributed by atoms with Crippen LogP contribution in [-0.4, -0.2) is 58.3 Å². The van der Waals surface area contributed by atoms with E-state index in [1.54, 1.807) is 0 Å².